The highest BCUT2D eigenvalue weighted by Gasteiger charge is 2.77. The summed E-state index contributed by atoms with van der Waals surface area (Å²) < 4.78 is 52.5. The zero-order valence-corrected chi connectivity index (χ0v) is 20.1. The minimum absolute atomic E-state index is 0.171. The standard InChI is InChI=1S/C25H26F3N3O5/c1-23-11-17(22(34)35-15-6-8-30(3)9-7-15)24(2,36-23)19-18(23)20(32)31(21(19)33)14-5-4-13(12-29)16(10-14)25(26,27)28/h4-5,10,15,17-19H,6-9,11H2,1-3H3/t17-,18+,19-,23+,24-/m0/s1. The first-order valence-electron chi connectivity index (χ1n) is 11.9. The Morgan fingerprint density at radius 1 is 1.17 bits per heavy atom. The second-order valence-corrected chi connectivity index (χ2v) is 10.6. The van der Waals surface area contributed by atoms with Crippen LogP contribution in [0.3, 0.4) is 0 Å². The number of carbonyl (C=O) groups is 3. The fourth-order valence-electron chi connectivity index (χ4n) is 6.48. The molecule has 2 bridgehead atoms. The summed E-state index contributed by atoms with van der Waals surface area (Å²) in [6.07, 6.45) is -3.52. The predicted molar refractivity (Wildman–Crippen MR) is 118 cm³/mol. The van der Waals surface area contributed by atoms with Crippen LogP contribution in [0.2, 0.25) is 0 Å². The predicted octanol–water partition coefficient (Wildman–Crippen LogP) is 2.89. The lowest BCUT2D eigenvalue weighted by Gasteiger charge is -2.35. The summed E-state index contributed by atoms with van der Waals surface area (Å²) in [5, 5.41) is 9.07. The van der Waals surface area contributed by atoms with Crippen molar-refractivity contribution in [3.8, 4) is 6.07 Å². The van der Waals surface area contributed by atoms with Crippen molar-refractivity contribution in [1.82, 2.24) is 4.90 Å². The van der Waals surface area contributed by atoms with Crippen LogP contribution < -0.4 is 4.90 Å². The Morgan fingerprint density at radius 3 is 2.42 bits per heavy atom. The van der Waals surface area contributed by atoms with Crippen LogP contribution in [0.1, 0.15) is 44.2 Å². The van der Waals surface area contributed by atoms with E-state index in [9.17, 15) is 27.6 Å². The quantitative estimate of drug-likeness (QED) is 0.460. The lowest BCUT2D eigenvalue weighted by atomic mass is 9.64. The van der Waals surface area contributed by atoms with Crippen LogP contribution in [0.25, 0.3) is 0 Å². The van der Waals surface area contributed by atoms with Gasteiger partial charge in [-0.05, 0) is 58.4 Å². The number of alkyl halides is 3. The van der Waals surface area contributed by atoms with Gasteiger partial charge in [-0.15, -0.1) is 0 Å². The maximum atomic E-state index is 13.6. The fraction of sp³-hybridized carbons (Fsp3) is 0.600. The number of anilines is 1. The number of nitrogens with zero attached hydrogens (tertiary/aromatic N) is 3. The normalized spacial score (nSPS) is 34.7. The number of carbonyl (C=O) groups excluding carboxylic acids is 3. The number of piperidine rings is 1. The maximum Gasteiger partial charge on any atom is 0.417 e. The first-order valence-corrected chi connectivity index (χ1v) is 11.9. The third kappa shape index (κ3) is 3.53. The van der Waals surface area contributed by atoms with Crippen molar-refractivity contribution in [2.45, 2.75) is 56.6 Å². The van der Waals surface area contributed by atoms with Gasteiger partial charge < -0.3 is 14.4 Å². The largest absolute Gasteiger partial charge is 0.462 e. The molecule has 0 spiro atoms. The number of esters is 1. The smallest absolute Gasteiger partial charge is 0.417 e. The molecular weight excluding hydrogens is 479 g/mol. The van der Waals surface area contributed by atoms with Gasteiger partial charge in [0, 0.05) is 13.1 Å². The van der Waals surface area contributed by atoms with E-state index in [1.165, 1.54) is 6.07 Å². The van der Waals surface area contributed by atoms with Gasteiger partial charge in [-0.3, -0.25) is 14.4 Å². The Kier molecular flexibility index (Phi) is 5.50. The average molecular weight is 505 g/mol. The Balaban J connectivity index is 1.44. The Morgan fingerprint density at radius 2 is 1.81 bits per heavy atom. The van der Waals surface area contributed by atoms with Crippen molar-refractivity contribution < 1.29 is 37.0 Å². The van der Waals surface area contributed by atoms with E-state index in [1.54, 1.807) is 13.8 Å². The average Bonchev–Trinajstić information content (AvgIpc) is 3.35. The SMILES string of the molecule is CN1CCC(OC(=O)[C@@H]2C[C@@]3(C)O[C@]2(C)[C@@H]2C(=O)N(c4ccc(C#N)c(C(F)(F)F)c4)C(=O)[C@@H]23)CC1. The van der Waals surface area contributed by atoms with Gasteiger partial charge in [0.15, 0.2) is 0 Å². The van der Waals surface area contributed by atoms with Gasteiger partial charge in [0.05, 0.1) is 51.8 Å². The van der Waals surface area contributed by atoms with E-state index in [1.807, 2.05) is 7.05 Å². The number of halogens is 3. The van der Waals surface area contributed by atoms with Crippen molar-refractivity contribution in [3.05, 3.63) is 29.3 Å². The molecule has 36 heavy (non-hydrogen) atoms. The molecule has 1 aromatic rings. The van der Waals surface area contributed by atoms with Gasteiger partial charge in [-0.2, -0.15) is 18.4 Å². The summed E-state index contributed by atoms with van der Waals surface area (Å²) in [7, 11) is 1.99. The number of rotatable bonds is 3. The van der Waals surface area contributed by atoms with E-state index in [-0.39, 0.29) is 18.2 Å². The van der Waals surface area contributed by atoms with Crippen molar-refractivity contribution in [1.29, 1.82) is 5.26 Å². The molecule has 4 heterocycles. The number of hydrogen-bond donors (Lipinski definition) is 0. The summed E-state index contributed by atoms with van der Waals surface area (Å²) >= 11 is 0. The molecule has 1 aromatic carbocycles. The highest BCUT2D eigenvalue weighted by atomic mass is 19.4. The first-order chi connectivity index (χ1) is 16.8. The summed E-state index contributed by atoms with van der Waals surface area (Å²) in [5.74, 6) is -4.63. The van der Waals surface area contributed by atoms with E-state index in [0.717, 1.165) is 30.1 Å². The molecule has 4 aliphatic heterocycles. The molecule has 0 unspecified atom stereocenters. The molecule has 5 rings (SSSR count). The molecule has 4 aliphatic rings. The van der Waals surface area contributed by atoms with E-state index in [0.29, 0.717) is 18.9 Å². The lowest BCUT2D eigenvalue weighted by Crippen LogP contribution is -2.50. The zero-order chi connectivity index (χ0) is 26.2. The number of benzene rings is 1. The number of nitriles is 1. The minimum Gasteiger partial charge on any atom is -0.462 e. The first kappa shape index (κ1) is 24.7. The van der Waals surface area contributed by atoms with Crippen LogP contribution in [-0.2, 0) is 30.0 Å². The van der Waals surface area contributed by atoms with Crippen LogP contribution >= 0.6 is 0 Å². The molecule has 2 amide bonds. The van der Waals surface area contributed by atoms with Gasteiger partial charge in [0.1, 0.15) is 6.10 Å². The van der Waals surface area contributed by atoms with Gasteiger partial charge in [0.2, 0.25) is 11.8 Å². The number of fused-ring (bicyclic) bond motifs is 5. The monoisotopic (exact) mass is 505 g/mol. The molecule has 4 saturated heterocycles. The van der Waals surface area contributed by atoms with Crippen LogP contribution in [0.15, 0.2) is 18.2 Å². The molecule has 0 N–H and O–H groups in total. The van der Waals surface area contributed by atoms with Crippen LogP contribution in [0.5, 0.6) is 0 Å². The van der Waals surface area contributed by atoms with Crippen LogP contribution in [0, 0.1) is 29.1 Å². The molecule has 5 atom stereocenters. The van der Waals surface area contributed by atoms with E-state index in [4.69, 9.17) is 14.7 Å². The maximum absolute atomic E-state index is 13.6. The second kappa shape index (κ2) is 8.02. The fourth-order valence-corrected chi connectivity index (χ4v) is 6.48. The second-order valence-electron chi connectivity index (χ2n) is 10.6. The highest BCUT2D eigenvalue weighted by Crippen LogP contribution is 2.63. The molecule has 11 heteroatoms. The van der Waals surface area contributed by atoms with E-state index < -0.39 is 64.0 Å². The van der Waals surface area contributed by atoms with Crippen molar-refractivity contribution in [2.24, 2.45) is 17.8 Å². The van der Waals surface area contributed by atoms with Crippen LogP contribution in [-0.4, -0.2) is 60.1 Å². The number of likely N-dealkylation sites (tertiary alicyclic amines) is 1. The van der Waals surface area contributed by atoms with Crippen LogP contribution in [0.4, 0.5) is 18.9 Å². The molecule has 4 fully saturated rings. The third-order valence-electron chi connectivity index (χ3n) is 8.26. The zero-order valence-electron chi connectivity index (χ0n) is 20.1. The summed E-state index contributed by atoms with van der Waals surface area (Å²) in [4.78, 5) is 43.1. The van der Waals surface area contributed by atoms with E-state index in [2.05, 4.69) is 4.90 Å². The van der Waals surface area contributed by atoms with Crippen molar-refractivity contribution >= 4 is 23.5 Å². The number of ether oxygens (including phenoxy) is 2. The number of amides is 2. The lowest BCUT2D eigenvalue weighted by molar-refractivity contribution is -0.163. The molecule has 0 aromatic heterocycles. The molecule has 0 saturated carbocycles. The van der Waals surface area contributed by atoms with E-state index >= 15 is 0 Å². The Hall–Kier alpha value is -2.97. The summed E-state index contributed by atoms with van der Waals surface area (Å²) in [6, 6.07) is 4.24. The topological polar surface area (TPSA) is 99.9 Å². The summed E-state index contributed by atoms with van der Waals surface area (Å²) in [5.41, 5.74) is -4.57. The third-order valence-corrected chi connectivity index (χ3v) is 8.26. The minimum atomic E-state index is -4.84. The highest BCUT2D eigenvalue weighted by molar-refractivity contribution is 6.23. The van der Waals surface area contributed by atoms with Gasteiger partial charge in [-0.25, -0.2) is 4.90 Å². The van der Waals surface area contributed by atoms with Gasteiger partial charge in [0.25, 0.3) is 0 Å². The Bertz CT molecular complexity index is 1190. The number of imide groups is 1. The van der Waals surface area contributed by atoms with Crippen molar-refractivity contribution in [3.63, 3.8) is 0 Å². The van der Waals surface area contributed by atoms with Gasteiger partial charge in [-0.1, -0.05) is 0 Å². The summed E-state index contributed by atoms with van der Waals surface area (Å²) in [6.45, 7) is 4.86. The molecular formula is C25H26F3N3O5. The Labute approximate surface area is 205 Å². The molecule has 8 nitrogen and oxygen atoms in total. The molecule has 192 valence electrons. The number of hydrogen-bond acceptors (Lipinski definition) is 7. The van der Waals surface area contributed by atoms with Crippen molar-refractivity contribution in [2.75, 3.05) is 25.0 Å². The molecule has 0 radical (unpaired) electrons. The molecule has 0 aliphatic carbocycles. The van der Waals surface area contributed by atoms with Gasteiger partial charge >= 0.3 is 12.1 Å².